The Labute approximate surface area is 117 Å². The van der Waals surface area contributed by atoms with Crippen LogP contribution in [-0.2, 0) is 0 Å². The van der Waals surface area contributed by atoms with E-state index < -0.39 is 0 Å². The Bertz CT molecular complexity index is 447. The maximum atomic E-state index is 11.7. The number of carbonyl (C=O) groups excluding carboxylic acids is 1. The first-order chi connectivity index (χ1) is 8.58. The summed E-state index contributed by atoms with van der Waals surface area (Å²) in [7, 11) is 2.15. The molecule has 0 aromatic heterocycles. The largest absolute Gasteiger partial charge is 0.370 e. The first-order valence-corrected chi connectivity index (χ1v) is 7.11. The number of ketones is 1. The van der Waals surface area contributed by atoms with E-state index in [0.717, 1.165) is 48.3 Å². The van der Waals surface area contributed by atoms with Crippen LogP contribution in [0.2, 0.25) is 0 Å². The Morgan fingerprint density at radius 3 is 2.72 bits per heavy atom. The summed E-state index contributed by atoms with van der Waals surface area (Å²) in [6.07, 6.45) is 1.14. The van der Waals surface area contributed by atoms with Crippen molar-refractivity contribution in [3.05, 3.63) is 28.2 Å². The number of carbonyl (C=O) groups is 1. The van der Waals surface area contributed by atoms with Gasteiger partial charge in [-0.05, 0) is 45.1 Å². The molecule has 1 aliphatic rings. The van der Waals surface area contributed by atoms with Gasteiger partial charge in [-0.1, -0.05) is 15.9 Å². The van der Waals surface area contributed by atoms with Gasteiger partial charge in [0.05, 0.1) is 0 Å². The van der Waals surface area contributed by atoms with E-state index in [1.165, 1.54) is 0 Å². The van der Waals surface area contributed by atoms with Crippen molar-refractivity contribution in [2.45, 2.75) is 13.3 Å². The molecule has 2 rings (SSSR count). The highest BCUT2D eigenvalue weighted by Gasteiger charge is 2.17. The summed E-state index contributed by atoms with van der Waals surface area (Å²) in [5, 5.41) is 0. The molecule has 1 saturated heterocycles. The molecule has 1 aromatic rings. The molecule has 0 atom stereocenters. The molecule has 0 bridgehead atoms. The predicted octanol–water partition coefficient (Wildman–Crippen LogP) is 2.79. The van der Waals surface area contributed by atoms with Crippen LogP contribution in [0.4, 0.5) is 5.69 Å². The zero-order valence-electron chi connectivity index (χ0n) is 10.9. The van der Waals surface area contributed by atoms with Gasteiger partial charge in [-0.2, -0.15) is 0 Å². The topological polar surface area (TPSA) is 23.6 Å². The number of benzene rings is 1. The SMILES string of the molecule is CC(=O)c1ccc(Br)cc1N1CCCN(C)CC1. The first-order valence-electron chi connectivity index (χ1n) is 6.32. The molecule has 1 heterocycles. The summed E-state index contributed by atoms with van der Waals surface area (Å²) in [5.74, 6) is 0.134. The van der Waals surface area contributed by atoms with Crippen molar-refractivity contribution in [2.24, 2.45) is 0 Å². The molecule has 0 saturated carbocycles. The third-order valence-corrected chi connectivity index (χ3v) is 3.89. The summed E-state index contributed by atoms with van der Waals surface area (Å²) in [6, 6.07) is 5.91. The highest BCUT2D eigenvalue weighted by molar-refractivity contribution is 9.10. The predicted molar refractivity (Wildman–Crippen MR) is 78.5 cm³/mol. The number of Topliss-reactive ketones (excluding diaryl/α,β-unsaturated/α-hetero) is 1. The van der Waals surface area contributed by atoms with Crippen LogP contribution in [0.3, 0.4) is 0 Å². The summed E-state index contributed by atoms with van der Waals surface area (Å²) in [5.41, 5.74) is 1.88. The minimum absolute atomic E-state index is 0.134. The van der Waals surface area contributed by atoms with Crippen LogP contribution in [0.25, 0.3) is 0 Å². The number of hydrogen-bond donors (Lipinski definition) is 0. The quantitative estimate of drug-likeness (QED) is 0.785. The van der Waals surface area contributed by atoms with Crippen LogP contribution in [-0.4, -0.2) is 43.9 Å². The standard InChI is InChI=1S/C14H19BrN2O/c1-11(18)13-5-4-12(15)10-14(13)17-7-3-6-16(2)8-9-17/h4-5,10H,3,6-9H2,1-2H3. The molecule has 0 N–H and O–H groups in total. The molecule has 0 unspecified atom stereocenters. The van der Waals surface area contributed by atoms with Gasteiger partial charge in [0.15, 0.2) is 5.78 Å². The Hall–Kier alpha value is -0.870. The van der Waals surface area contributed by atoms with Crippen molar-refractivity contribution in [1.82, 2.24) is 4.90 Å². The van der Waals surface area contributed by atoms with E-state index in [0.29, 0.717) is 0 Å². The molecule has 0 amide bonds. The van der Waals surface area contributed by atoms with E-state index in [4.69, 9.17) is 0 Å². The van der Waals surface area contributed by atoms with Gasteiger partial charge in [0.2, 0.25) is 0 Å². The zero-order valence-corrected chi connectivity index (χ0v) is 12.5. The lowest BCUT2D eigenvalue weighted by Gasteiger charge is -2.25. The molecule has 18 heavy (non-hydrogen) atoms. The molecule has 0 radical (unpaired) electrons. The minimum atomic E-state index is 0.134. The summed E-state index contributed by atoms with van der Waals surface area (Å²) >= 11 is 3.50. The molecule has 0 aliphatic carbocycles. The lowest BCUT2D eigenvalue weighted by atomic mass is 10.1. The van der Waals surface area contributed by atoms with Crippen LogP contribution in [0.1, 0.15) is 23.7 Å². The Morgan fingerprint density at radius 2 is 2.00 bits per heavy atom. The van der Waals surface area contributed by atoms with E-state index in [9.17, 15) is 4.79 Å². The molecule has 4 heteroatoms. The molecule has 98 valence electrons. The van der Waals surface area contributed by atoms with E-state index in [1.807, 2.05) is 12.1 Å². The second-order valence-corrected chi connectivity index (χ2v) is 5.78. The number of likely N-dealkylation sites (N-methyl/N-ethyl adjacent to an activating group) is 1. The summed E-state index contributed by atoms with van der Waals surface area (Å²) in [4.78, 5) is 16.4. The van der Waals surface area contributed by atoms with Crippen molar-refractivity contribution < 1.29 is 4.79 Å². The van der Waals surface area contributed by atoms with Gasteiger partial charge in [-0.15, -0.1) is 0 Å². The monoisotopic (exact) mass is 310 g/mol. The normalized spacial score (nSPS) is 17.6. The van der Waals surface area contributed by atoms with Crippen molar-refractivity contribution >= 4 is 27.4 Å². The van der Waals surface area contributed by atoms with Crippen LogP contribution >= 0.6 is 15.9 Å². The van der Waals surface area contributed by atoms with Gasteiger partial charge < -0.3 is 9.80 Å². The van der Waals surface area contributed by atoms with Gasteiger partial charge in [0.25, 0.3) is 0 Å². The lowest BCUT2D eigenvalue weighted by molar-refractivity contribution is 0.101. The average Bonchev–Trinajstić information content (AvgIpc) is 2.53. The third-order valence-electron chi connectivity index (χ3n) is 3.40. The molecular weight excluding hydrogens is 292 g/mol. The average molecular weight is 311 g/mol. The number of anilines is 1. The fraction of sp³-hybridized carbons (Fsp3) is 0.500. The molecule has 1 aromatic carbocycles. The number of nitrogens with zero attached hydrogens (tertiary/aromatic N) is 2. The van der Waals surface area contributed by atoms with Gasteiger partial charge in [0, 0.05) is 35.4 Å². The number of halogens is 1. The van der Waals surface area contributed by atoms with E-state index >= 15 is 0 Å². The van der Waals surface area contributed by atoms with Gasteiger partial charge in [0.1, 0.15) is 0 Å². The zero-order chi connectivity index (χ0) is 13.1. The summed E-state index contributed by atoms with van der Waals surface area (Å²) < 4.78 is 1.03. The van der Waals surface area contributed by atoms with E-state index in [2.05, 4.69) is 38.8 Å². The van der Waals surface area contributed by atoms with E-state index in [-0.39, 0.29) is 5.78 Å². The van der Waals surface area contributed by atoms with Crippen molar-refractivity contribution in [1.29, 1.82) is 0 Å². The molecule has 3 nitrogen and oxygen atoms in total. The van der Waals surface area contributed by atoms with Crippen LogP contribution < -0.4 is 4.90 Å². The van der Waals surface area contributed by atoms with Crippen molar-refractivity contribution in [2.75, 3.05) is 38.1 Å². The van der Waals surface area contributed by atoms with E-state index in [1.54, 1.807) is 6.92 Å². The smallest absolute Gasteiger partial charge is 0.161 e. The molecule has 1 fully saturated rings. The van der Waals surface area contributed by atoms with Crippen LogP contribution in [0, 0.1) is 0 Å². The van der Waals surface area contributed by atoms with Crippen LogP contribution in [0.5, 0.6) is 0 Å². The van der Waals surface area contributed by atoms with Crippen LogP contribution in [0.15, 0.2) is 22.7 Å². The fourth-order valence-electron chi connectivity index (χ4n) is 2.35. The highest BCUT2D eigenvalue weighted by Crippen LogP contribution is 2.26. The molecular formula is C14H19BrN2O. The highest BCUT2D eigenvalue weighted by atomic mass is 79.9. The Morgan fingerprint density at radius 1 is 1.22 bits per heavy atom. The number of hydrogen-bond acceptors (Lipinski definition) is 3. The Balaban J connectivity index is 2.30. The van der Waals surface area contributed by atoms with Crippen molar-refractivity contribution in [3.63, 3.8) is 0 Å². The first kappa shape index (κ1) is 13.6. The maximum Gasteiger partial charge on any atom is 0.161 e. The maximum absolute atomic E-state index is 11.7. The Kier molecular flexibility index (Phi) is 4.40. The van der Waals surface area contributed by atoms with Gasteiger partial charge >= 0.3 is 0 Å². The van der Waals surface area contributed by atoms with Gasteiger partial charge in [-0.3, -0.25) is 4.79 Å². The lowest BCUT2D eigenvalue weighted by Crippen LogP contribution is -2.29. The second kappa shape index (κ2) is 5.85. The second-order valence-electron chi connectivity index (χ2n) is 4.86. The van der Waals surface area contributed by atoms with Gasteiger partial charge in [-0.25, -0.2) is 0 Å². The summed E-state index contributed by atoms with van der Waals surface area (Å²) in [6.45, 7) is 5.80. The van der Waals surface area contributed by atoms with Crippen molar-refractivity contribution in [3.8, 4) is 0 Å². The number of rotatable bonds is 2. The minimum Gasteiger partial charge on any atom is -0.370 e. The third kappa shape index (κ3) is 3.12. The fourth-order valence-corrected chi connectivity index (χ4v) is 2.70. The molecule has 1 aliphatic heterocycles. The molecule has 0 spiro atoms.